The molecule has 0 radical (unpaired) electrons. The fourth-order valence-corrected chi connectivity index (χ4v) is 5.62. The number of halogens is 2. The van der Waals surface area contributed by atoms with Crippen LogP contribution in [0, 0.1) is 6.92 Å². The molecule has 1 N–H and O–H groups in total. The van der Waals surface area contributed by atoms with E-state index in [-0.39, 0.29) is 17.3 Å². The van der Waals surface area contributed by atoms with Gasteiger partial charge in [-0.2, -0.15) is 0 Å². The summed E-state index contributed by atoms with van der Waals surface area (Å²) in [6.45, 7) is 8.57. The number of rotatable bonds is 9. The molecule has 208 valence electrons. The summed E-state index contributed by atoms with van der Waals surface area (Å²) in [5.74, 6) is -0.912. The molecular weight excluding hydrogens is 557 g/mol. The van der Waals surface area contributed by atoms with E-state index in [4.69, 9.17) is 23.2 Å². The summed E-state index contributed by atoms with van der Waals surface area (Å²) in [4.78, 5) is 28.4. The lowest BCUT2D eigenvalue weighted by atomic mass is 10.1. The lowest BCUT2D eigenvalue weighted by Gasteiger charge is -2.33. The summed E-state index contributed by atoms with van der Waals surface area (Å²) in [5, 5.41) is 3.77. The average Bonchev–Trinajstić information content (AvgIpc) is 2.85. The Balaban J connectivity index is 2.03. The molecule has 0 aliphatic carbocycles. The molecule has 2 amide bonds. The molecule has 1 atom stereocenters. The zero-order chi connectivity index (χ0) is 29.0. The van der Waals surface area contributed by atoms with Crippen molar-refractivity contribution in [3.63, 3.8) is 0 Å². The van der Waals surface area contributed by atoms with E-state index in [9.17, 15) is 18.0 Å². The maximum atomic E-state index is 13.9. The second kappa shape index (κ2) is 12.4. The number of nitrogens with zero attached hydrogens (tertiary/aromatic N) is 2. The first-order valence-corrected chi connectivity index (χ1v) is 14.6. The Morgan fingerprint density at radius 3 is 2.10 bits per heavy atom. The number of benzene rings is 3. The van der Waals surface area contributed by atoms with Crippen LogP contribution in [0.3, 0.4) is 0 Å². The third-order valence-electron chi connectivity index (χ3n) is 5.91. The zero-order valence-corrected chi connectivity index (χ0v) is 24.9. The van der Waals surface area contributed by atoms with Gasteiger partial charge in [0.15, 0.2) is 0 Å². The summed E-state index contributed by atoms with van der Waals surface area (Å²) in [7, 11) is -4.16. The third-order valence-corrected chi connectivity index (χ3v) is 8.19. The average molecular weight is 591 g/mol. The Morgan fingerprint density at radius 1 is 0.923 bits per heavy atom. The Bertz CT molecular complexity index is 1420. The number of aryl methyl sites for hydroxylation is 1. The van der Waals surface area contributed by atoms with E-state index in [2.05, 4.69) is 5.32 Å². The fourth-order valence-electron chi connectivity index (χ4n) is 3.86. The molecular formula is C29H33Cl2N3O4S. The smallest absolute Gasteiger partial charge is 0.264 e. The van der Waals surface area contributed by atoms with E-state index in [1.54, 1.807) is 55.5 Å². The van der Waals surface area contributed by atoms with E-state index < -0.39 is 34.1 Å². The number of hydrogen-bond acceptors (Lipinski definition) is 4. The molecule has 3 aromatic carbocycles. The number of sulfonamides is 1. The first-order valence-electron chi connectivity index (χ1n) is 12.4. The van der Waals surface area contributed by atoms with Gasteiger partial charge in [0.25, 0.3) is 10.0 Å². The van der Waals surface area contributed by atoms with Crippen LogP contribution in [0.4, 0.5) is 5.69 Å². The number of carbonyl (C=O) groups excluding carboxylic acids is 2. The van der Waals surface area contributed by atoms with E-state index >= 15 is 0 Å². The highest BCUT2D eigenvalue weighted by Crippen LogP contribution is 2.26. The van der Waals surface area contributed by atoms with Crippen molar-refractivity contribution in [2.45, 2.75) is 57.6 Å². The summed E-state index contributed by atoms with van der Waals surface area (Å²) in [6.07, 6.45) is 0. The molecule has 3 aromatic rings. The minimum atomic E-state index is -4.16. The van der Waals surface area contributed by atoms with Crippen LogP contribution < -0.4 is 9.62 Å². The third kappa shape index (κ3) is 8.21. The molecule has 7 nitrogen and oxygen atoms in total. The molecule has 3 rings (SSSR count). The zero-order valence-electron chi connectivity index (χ0n) is 22.6. The normalized spacial score (nSPS) is 12.5. The largest absolute Gasteiger partial charge is 0.350 e. The molecule has 0 saturated carbocycles. The van der Waals surface area contributed by atoms with Crippen LogP contribution in [-0.2, 0) is 26.2 Å². The predicted octanol–water partition coefficient (Wildman–Crippen LogP) is 5.83. The topological polar surface area (TPSA) is 86.8 Å². The molecule has 0 spiro atoms. The number of nitrogens with one attached hydrogen (secondary N) is 1. The first-order chi connectivity index (χ1) is 18.2. The van der Waals surface area contributed by atoms with Crippen LogP contribution in [-0.4, -0.2) is 43.3 Å². The van der Waals surface area contributed by atoms with Crippen molar-refractivity contribution in [2.75, 3.05) is 10.8 Å². The Labute approximate surface area is 240 Å². The standard InChI is InChI=1S/C29H33Cl2N3O4S/c1-20-9-13-25(14-10-20)34(39(37,38)26-15-11-23(30)12-16-26)19-27(35)33(18-22-7-6-8-24(31)17-22)21(2)28(36)32-29(3,4)5/h6-17,21H,18-19H2,1-5H3,(H,32,36)/t21-/m1/s1. The van der Waals surface area contributed by atoms with Gasteiger partial charge in [-0.05, 0) is 88.7 Å². The van der Waals surface area contributed by atoms with Crippen molar-refractivity contribution in [1.29, 1.82) is 0 Å². The summed E-state index contributed by atoms with van der Waals surface area (Å²) in [6, 6.07) is 18.7. The van der Waals surface area contributed by atoms with E-state index in [0.717, 1.165) is 9.87 Å². The fraction of sp³-hybridized carbons (Fsp3) is 0.310. The minimum Gasteiger partial charge on any atom is -0.350 e. The number of carbonyl (C=O) groups is 2. The SMILES string of the molecule is Cc1ccc(N(CC(=O)N(Cc2cccc(Cl)c2)[C@H](C)C(=O)NC(C)(C)C)S(=O)(=O)c2ccc(Cl)cc2)cc1. The van der Waals surface area contributed by atoms with Crippen molar-refractivity contribution < 1.29 is 18.0 Å². The summed E-state index contributed by atoms with van der Waals surface area (Å²) >= 11 is 12.2. The van der Waals surface area contributed by atoms with Crippen molar-refractivity contribution in [3.8, 4) is 0 Å². The van der Waals surface area contributed by atoms with Gasteiger partial charge in [-0.15, -0.1) is 0 Å². The molecule has 0 bridgehead atoms. The predicted molar refractivity (Wildman–Crippen MR) is 157 cm³/mol. The highest BCUT2D eigenvalue weighted by atomic mass is 35.5. The van der Waals surface area contributed by atoms with Crippen LogP contribution in [0.2, 0.25) is 10.0 Å². The van der Waals surface area contributed by atoms with Gasteiger partial charge in [0.1, 0.15) is 12.6 Å². The molecule has 10 heteroatoms. The number of amides is 2. The molecule has 0 aliphatic heterocycles. The maximum Gasteiger partial charge on any atom is 0.264 e. The number of anilines is 1. The second-order valence-electron chi connectivity index (χ2n) is 10.4. The van der Waals surface area contributed by atoms with Gasteiger partial charge in [0.2, 0.25) is 11.8 Å². The highest BCUT2D eigenvalue weighted by molar-refractivity contribution is 7.92. The molecule has 0 saturated heterocycles. The van der Waals surface area contributed by atoms with Gasteiger partial charge >= 0.3 is 0 Å². The highest BCUT2D eigenvalue weighted by Gasteiger charge is 2.33. The molecule has 39 heavy (non-hydrogen) atoms. The number of hydrogen-bond donors (Lipinski definition) is 1. The van der Waals surface area contributed by atoms with Gasteiger partial charge < -0.3 is 10.2 Å². The van der Waals surface area contributed by atoms with Crippen LogP contribution in [0.5, 0.6) is 0 Å². The molecule has 0 fully saturated rings. The van der Waals surface area contributed by atoms with Crippen LogP contribution in [0.25, 0.3) is 0 Å². The van der Waals surface area contributed by atoms with Crippen LogP contribution >= 0.6 is 23.2 Å². The van der Waals surface area contributed by atoms with Gasteiger partial charge in [-0.25, -0.2) is 8.42 Å². The Hall–Kier alpha value is -3.07. The van der Waals surface area contributed by atoms with Gasteiger partial charge in [-0.1, -0.05) is 53.0 Å². The van der Waals surface area contributed by atoms with Crippen LogP contribution in [0.1, 0.15) is 38.8 Å². The quantitative estimate of drug-likeness (QED) is 0.340. The molecule has 0 heterocycles. The first kappa shape index (κ1) is 30.5. The lowest BCUT2D eigenvalue weighted by molar-refractivity contribution is -0.140. The lowest BCUT2D eigenvalue weighted by Crippen LogP contribution is -2.54. The second-order valence-corrected chi connectivity index (χ2v) is 13.1. The van der Waals surface area contributed by atoms with Crippen molar-refractivity contribution in [1.82, 2.24) is 10.2 Å². The maximum absolute atomic E-state index is 13.9. The molecule has 0 unspecified atom stereocenters. The van der Waals surface area contributed by atoms with E-state index in [1.807, 2.05) is 27.7 Å². The van der Waals surface area contributed by atoms with E-state index in [1.165, 1.54) is 29.2 Å². The molecule has 0 aromatic heterocycles. The minimum absolute atomic E-state index is 0.0137. The van der Waals surface area contributed by atoms with Crippen LogP contribution in [0.15, 0.2) is 77.7 Å². The van der Waals surface area contributed by atoms with Gasteiger partial charge in [0.05, 0.1) is 10.6 Å². The van der Waals surface area contributed by atoms with Crippen molar-refractivity contribution in [2.24, 2.45) is 0 Å². The Morgan fingerprint density at radius 2 is 1.54 bits per heavy atom. The van der Waals surface area contributed by atoms with Crippen molar-refractivity contribution in [3.05, 3.63) is 94.0 Å². The molecule has 0 aliphatic rings. The van der Waals surface area contributed by atoms with Gasteiger partial charge in [-0.3, -0.25) is 13.9 Å². The monoisotopic (exact) mass is 589 g/mol. The van der Waals surface area contributed by atoms with Crippen molar-refractivity contribution >= 4 is 50.7 Å². The summed E-state index contributed by atoms with van der Waals surface area (Å²) < 4.78 is 28.6. The Kier molecular flexibility index (Phi) is 9.69. The van der Waals surface area contributed by atoms with Gasteiger partial charge in [0, 0.05) is 22.1 Å². The van der Waals surface area contributed by atoms with E-state index in [0.29, 0.717) is 21.3 Å². The summed E-state index contributed by atoms with van der Waals surface area (Å²) in [5.41, 5.74) is 1.43.